The number of carbonyl (C=O) groups is 1. The number of nitrogens with one attached hydrogen (secondary N) is 2. The molecule has 5 aromatic rings. The molecule has 0 atom stereocenters. The summed E-state index contributed by atoms with van der Waals surface area (Å²) in [5, 5.41) is 7.27. The first-order chi connectivity index (χ1) is 15.5. The van der Waals surface area contributed by atoms with Crippen LogP contribution in [0.1, 0.15) is 21.7 Å². The second kappa shape index (κ2) is 7.73. The van der Waals surface area contributed by atoms with Crippen molar-refractivity contribution in [3.05, 3.63) is 89.6 Å². The lowest BCUT2D eigenvalue weighted by atomic mass is 10.2. The number of amides is 1. The molecule has 0 fully saturated rings. The van der Waals surface area contributed by atoms with Crippen LogP contribution in [0.25, 0.3) is 28.2 Å². The summed E-state index contributed by atoms with van der Waals surface area (Å²) in [5.41, 5.74) is 5.12. The van der Waals surface area contributed by atoms with Gasteiger partial charge in [-0.3, -0.25) is 4.79 Å². The fraction of sp³-hybridized carbons (Fsp3) is 0.0833. The highest BCUT2D eigenvalue weighted by molar-refractivity contribution is 6.04. The van der Waals surface area contributed by atoms with Crippen LogP contribution in [-0.2, 0) is 0 Å². The zero-order chi connectivity index (χ0) is 22.2. The van der Waals surface area contributed by atoms with Gasteiger partial charge in [0.15, 0.2) is 5.82 Å². The Morgan fingerprint density at radius 2 is 1.84 bits per heavy atom. The van der Waals surface area contributed by atoms with Crippen LogP contribution in [0.4, 0.5) is 10.1 Å². The number of hydrogen-bond donors (Lipinski definition) is 2. The van der Waals surface area contributed by atoms with E-state index in [0.29, 0.717) is 33.9 Å². The van der Waals surface area contributed by atoms with Gasteiger partial charge >= 0.3 is 0 Å². The van der Waals surface area contributed by atoms with Gasteiger partial charge in [0.25, 0.3) is 5.91 Å². The van der Waals surface area contributed by atoms with E-state index in [1.54, 1.807) is 35.0 Å². The van der Waals surface area contributed by atoms with Crippen molar-refractivity contribution < 1.29 is 9.18 Å². The predicted molar refractivity (Wildman–Crippen MR) is 120 cm³/mol. The average Bonchev–Trinajstić information content (AvgIpc) is 3.36. The molecule has 0 aliphatic rings. The van der Waals surface area contributed by atoms with Crippen LogP contribution >= 0.6 is 0 Å². The van der Waals surface area contributed by atoms with E-state index in [1.165, 1.54) is 18.3 Å². The SMILES string of the molecule is Cc1cc(C)n(-c2ccc(C(=O)Nc3ccc(-c4nc5ccc(F)cc5[nH]4)cc3)cn2)n1. The van der Waals surface area contributed by atoms with Crippen molar-refractivity contribution in [3.63, 3.8) is 0 Å². The number of halogens is 1. The van der Waals surface area contributed by atoms with E-state index in [4.69, 9.17) is 0 Å². The smallest absolute Gasteiger partial charge is 0.257 e. The molecule has 0 saturated carbocycles. The molecule has 0 bridgehead atoms. The standard InChI is InChI=1S/C24H19FN6O/c1-14-11-15(2)31(30-14)22-10-5-17(13-26-22)24(32)27-19-7-3-16(4-8-19)23-28-20-9-6-18(25)12-21(20)29-23/h3-13H,1-2H3,(H,27,32)(H,28,29). The first-order valence-corrected chi connectivity index (χ1v) is 10.0. The van der Waals surface area contributed by atoms with Gasteiger partial charge in [0, 0.05) is 23.1 Å². The van der Waals surface area contributed by atoms with E-state index in [-0.39, 0.29) is 11.7 Å². The Balaban J connectivity index is 1.30. The molecule has 0 unspecified atom stereocenters. The van der Waals surface area contributed by atoms with Gasteiger partial charge in [0.05, 0.1) is 22.3 Å². The normalized spacial score (nSPS) is 11.1. The Morgan fingerprint density at radius 3 is 2.53 bits per heavy atom. The Morgan fingerprint density at radius 1 is 1.03 bits per heavy atom. The molecule has 3 aromatic heterocycles. The second-order valence-electron chi connectivity index (χ2n) is 7.52. The molecule has 158 valence electrons. The molecule has 2 N–H and O–H groups in total. The summed E-state index contributed by atoms with van der Waals surface area (Å²) in [7, 11) is 0. The Hall–Kier alpha value is -4.33. The van der Waals surface area contributed by atoms with E-state index in [0.717, 1.165) is 17.0 Å². The molecular formula is C24H19FN6O. The van der Waals surface area contributed by atoms with E-state index in [9.17, 15) is 9.18 Å². The predicted octanol–water partition coefficient (Wildman–Crippen LogP) is 4.82. The summed E-state index contributed by atoms with van der Waals surface area (Å²) >= 11 is 0. The van der Waals surface area contributed by atoms with E-state index in [2.05, 4.69) is 25.4 Å². The quantitative estimate of drug-likeness (QED) is 0.431. The lowest BCUT2D eigenvalue weighted by Gasteiger charge is -2.07. The van der Waals surface area contributed by atoms with Gasteiger partial charge in [-0.15, -0.1) is 0 Å². The van der Waals surface area contributed by atoms with E-state index >= 15 is 0 Å². The molecule has 2 aromatic carbocycles. The molecular weight excluding hydrogens is 407 g/mol. The summed E-state index contributed by atoms with van der Waals surface area (Å²) in [6.45, 7) is 3.88. The molecule has 0 spiro atoms. The van der Waals surface area contributed by atoms with E-state index < -0.39 is 0 Å². The third kappa shape index (κ3) is 3.74. The van der Waals surface area contributed by atoms with Crippen LogP contribution in [0.5, 0.6) is 0 Å². The van der Waals surface area contributed by atoms with Crippen LogP contribution in [-0.4, -0.2) is 30.6 Å². The number of H-pyrrole nitrogens is 1. The van der Waals surface area contributed by atoms with Crippen molar-refractivity contribution in [2.45, 2.75) is 13.8 Å². The third-order valence-electron chi connectivity index (χ3n) is 5.10. The van der Waals surface area contributed by atoms with Crippen LogP contribution < -0.4 is 5.32 Å². The van der Waals surface area contributed by atoms with Gasteiger partial charge in [-0.25, -0.2) is 19.0 Å². The zero-order valence-corrected chi connectivity index (χ0v) is 17.4. The highest BCUT2D eigenvalue weighted by atomic mass is 19.1. The van der Waals surface area contributed by atoms with Gasteiger partial charge in [-0.1, -0.05) is 0 Å². The number of aromatic amines is 1. The second-order valence-corrected chi connectivity index (χ2v) is 7.52. The number of fused-ring (bicyclic) bond motifs is 1. The first kappa shape index (κ1) is 19.6. The summed E-state index contributed by atoms with van der Waals surface area (Å²) in [6.07, 6.45) is 1.53. The van der Waals surface area contributed by atoms with Crippen molar-refractivity contribution in [3.8, 4) is 17.2 Å². The Bertz CT molecular complexity index is 1430. The van der Waals surface area contributed by atoms with Crippen LogP contribution in [0.15, 0.2) is 66.9 Å². The maximum atomic E-state index is 13.4. The van der Waals surface area contributed by atoms with Gasteiger partial charge in [-0.2, -0.15) is 5.10 Å². The summed E-state index contributed by atoms with van der Waals surface area (Å²) in [6, 6.07) is 17.1. The highest BCUT2D eigenvalue weighted by Crippen LogP contribution is 2.23. The molecule has 0 radical (unpaired) electrons. The molecule has 7 nitrogen and oxygen atoms in total. The minimum Gasteiger partial charge on any atom is -0.338 e. The monoisotopic (exact) mass is 426 g/mol. The van der Waals surface area contributed by atoms with Crippen molar-refractivity contribution in [2.24, 2.45) is 0 Å². The van der Waals surface area contributed by atoms with Crippen molar-refractivity contribution in [2.75, 3.05) is 5.32 Å². The van der Waals surface area contributed by atoms with Gasteiger partial charge in [-0.05, 0) is 74.5 Å². The molecule has 3 heterocycles. The van der Waals surface area contributed by atoms with Crippen molar-refractivity contribution >= 4 is 22.6 Å². The molecule has 8 heteroatoms. The molecule has 32 heavy (non-hydrogen) atoms. The Kier molecular flexibility index (Phi) is 4.74. The van der Waals surface area contributed by atoms with E-state index in [1.807, 2.05) is 32.0 Å². The van der Waals surface area contributed by atoms with Crippen LogP contribution in [0.2, 0.25) is 0 Å². The molecule has 0 saturated heterocycles. The van der Waals surface area contributed by atoms with Gasteiger partial charge < -0.3 is 10.3 Å². The van der Waals surface area contributed by atoms with Gasteiger partial charge in [0.2, 0.25) is 0 Å². The largest absolute Gasteiger partial charge is 0.338 e. The minimum atomic E-state index is -0.317. The first-order valence-electron chi connectivity index (χ1n) is 10.0. The number of carbonyl (C=O) groups excluding carboxylic acids is 1. The number of pyridine rings is 1. The maximum absolute atomic E-state index is 13.4. The number of rotatable bonds is 4. The number of anilines is 1. The number of nitrogens with zero attached hydrogens (tertiary/aromatic N) is 4. The lowest BCUT2D eigenvalue weighted by molar-refractivity contribution is 0.102. The number of aryl methyl sites for hydroxylation is 2. The summed E-state index contributed by atoms with van der Waals surface area (Å²) < 4.78 is 15.1. The van der Waals surface area contributed by atoms with Crippen molar-refractivity contribution in [1.29, 1.82) is 0 Å². The lowest BCUT2D eigenvalue weighted by Crippen LogP contribution is -2.13. The molecule has 1 amide bonds. The summed E-state index contributed by atoms with van der Waals surface area (Å²) in [4.78, 5) is 24.6. The Labute approximate surface area is 183 Å². The number of benzene rings is 2. The third-order valence-corrected chi connectivity index (χ3v) is 5.10. The average molecular weight is 426 g/mol. The van der Waals surface area contributed by atoms with Crippen LogP contribution in [0.3, 0.4) is 0 Å². The van der Waals surface area contributed by atoms with Crippen LogP contribution in [0, 0.1) is 19.7 Å². The minimum absolute atomic E-state index is 0.260. The fourth-order valence-corrected chi connectivity index (χ4v) is 3.54. The maximum Gasteiger partial charge on any atom is 0.257 e. The number of aromatic nitrogens is 5. The zero-order valence-electron chi connectivity index (χ0n) is 17.4. The summed E-state index contributed by atoms with van der Waals surface area (Å²) in [5.74, 6) is 0.710. The number of hydrogen-bond acceptors (Lipinski definition) is 4. The fourth-order valence-electron chi connectivity index (χ4n) is 3.54. The topological polar surface area (TPSA) is 88.5 Å². The molecule has 5 rings (SSSR count). The van der Waals surface area contributed by atoms with Gasteiger partial charge in [0.1, 0.15) is 11.6 Å². The molecule has 0 aliphatic carbocycles. The number of imidazole rings is 1. The highest BCUT2D eigenvalue weighted by Gasteiger charge is 2.11. The van der Waals surface area contributed by atoms with Crippen molar-refractivity contribution in [1.82, 2.24) is 24.7 Å². The molecule has 0 aliphatic heterocycles.